The van der Waals surface area contributed by atoms with Gasteiger partial charge in [0.05, 0.1) is 19.4 Å². The standard InChI is InChI=1S/C11H21NO3.C9H17NO3.C2H6O/c1-4-6-8-12(10(3)13)9-7-11(14)15-5-2;1-3-4-6-10(8(2)11)7-5-9(12)13;1-2-3/h4-9H2,1-3H3;3-7H2,1-2H3,(H,12,13);3H,2H2,1H3. The lowest BCUT2D eigenvalue weighted by molar-refractivity contribution is -0.144. The first-order chi connectivity index (χ1) is 14.6. The highest BCUT2D eigenvalue weighted by Crippen LogP contribution is 1.99. The van der Waals surface area contributed by atoms with Crippen molar-refractivity contribution in [3.63, 3.8) is 0 Å². The SMILES string of the molecule is CCCCN(CCC(=O)O)C(C)=O.CCCCN(CCC(=O)OCC)C(C)=O.CCO. The lowest BCUT2D eigenvalue weighted by Crippen LogP contribution is -2.32. The number of carboxylic acids is 1. The lowest BCUT2D eigenvalue weighted by atomic mass is 10.3. The third-order valence-electron chi connectivity index (χ3n) is 3.94. The van der Waals surface area contributed by atoms with Gasteiger partial charge < -0.3 is 24.7 Å². The summed E-state index contributed by atoms with van der Waals surface area (Å²) >= 11 is 0. The Morgan fingerprint density at radius 2 is 1.13 bits per heavy atom. The quantitative estimate of drug-likeness (QED) is 0.415. The molecule has 9 nitrogen and oxygen atoms in total. The second kappa shape index (κ2) is 24.1. The Morgan fingerprint density at radius 3 is 1.42 bits per heavy atom. The number of aliphatic carboxylic acids is 1. The number of carbonyl (C=O) groups excluding carboxylic acids is 3. The Balaban J connectivity index is -0.000000452. The van der Waals surface area contributed by atoms with E-state index in [4.69, 9.17) is 14.9 Å². The molecule has 0 aliphatic heterocycles. The van der Waals surface area contributed by atoms with Crippen LogP contribution < -0.4 is 0 Å². The Morgan fingerprint density at radius 1 is 0.742 bits per heavy atom. The molecule has 0 unspecified atom stereocenters. The third-order valence-corrected chi connectivity index (χ3v) is 3.94. The van der Waals surface area contributed by atoms with Gasteiger partial charge in [-0.05, 0) is 26.7 Å². The maximum Gasteiger partial charge on any atom is 0.307 e. The fourth-order valence-electron chi connectivity index (χ4n) is 2.24. The first-order valence-corrected chi connectivity index (χ1v) is 11.1. The van der Waals surface area contributed by atoms with E-state index in [0.717, 1.165) is 32.2 Å². The topological polar surface area (TPSA) is 124 Å². The minimum atomic E-state index is -0.859. The van der Waals surface area contributed by atoms with Crippen molar-refractivity contribution in [3.8, 4) is 0 Å². The number of carboxylic acid groups (broad SMARTS) is 1. The summed E-state index contributed by atoms with van der Waals surface area (Å²) in [4.78, 5) is 46.8. The predicted molar refractivity (Wildman–Crippen MR) is 121 cm³/mol. The maximum atomic E-state index is 11.2. The van der Waals surface area contributed by atoms with Crippen LogP contribution in [0.25, 0.3) is 0 Å². The summed E-state index contributed by atoms with van der Waals surface area (Å²) < 4.78 is 4.80. The van der Waals surface area contributed by atoms with E-state index in [-0.39, 0.29) is 37.2 Å². The van der Waals surface area contributed by atoms with Crippen molar-refractivity contribution in [1.82, 2.24) is 9.80 Å². The number of ether oxygens (including phenoxy) is 1. The molecule has 0 fully saturated rings. The zero-order valence-electron chi connectivity index (χ0n) is 20.3. The number of aliphatic hydroxyl groups excluding tert-OH is 1. The van der Waals surface area contributed by atoms with Gasteiger partial charge >= 0.3 is 11.9 Å². The van der Waals surface area contributed by atoms with Gasteiger partial charge in [0, 0.05) is 46.6 Å². The molecule has 31 heavy (non-hydrogen) atoms. The molecule has 0 atom stereocenters. The lowest BCUT2D eigenvalue weighted by Gasteiger charge is -2.20. The molecule has 0 aliphatic rings. The second-order valence-electron chi connectivity index (χ2n) is 6.73. The second-order valence-corrected chi connectivity index (χ2v) is 6.73. The largest absolute Gasteiger partial charge is 0.481 e. The van der Waals surface area contributed by atoms with E-state index in [1.54, 1.807) is 23.6 Å². The van der Waals surface area contributed by atoms with Gasteiger partial charge in [0.15, 0.2) is 0 Å². The first-order valence-electron chi connectivity index (χ1n) is 11.1. The number of hydrogen-bond donors (Lipinski definition) is 2. The summed E-state index contributed by atoms with van der Waals surface area (Å²) in [5.74, 6) is -1.12. The number of amides is 2. The summed E-state index contributed by atoms with van der Waals surface area (Å²) in [5.41, 5.74) is 0. The molecule has 2 N–H and O–H groups in total. The van der Waals surface area contributed by atoms with Crippen molar-refractivity contribution >= 4 is 23.8 Å². The van der Waals surface area contributed by atoms with Gasteiger partial charge in [-0.25, -0.2) is 0 Å². The van der Waals surface area contributed by atoms with E-state index in [9.17, 15) is 19.2 Å². The van der Waals surface area contributed by atoms with Crippen LogP contribution in [0.3, 0.4) is 0 Å². The number of carbonyl (C=O) groups is 4. The van der Waals surface area contributed by atoms with Crippen molar-refractivity contribution in [2.45, 2.75) is 80.1 Å². The molecule has 0 rings (SSSR count). The van der Waals surface area contributed by atoms with Crippen LogP contribution in [0.2, 0.25) is 0 Å². The average molecular weight is 449 g/mol. The van der Waals surface area contributed by atoms with Crippen molar-refractivity contribution in [1.29, 1.82) is 0 Å². The molecular weight excluding hydrogens is 404 g/mol. The van der Waals surface area contributed by atoms with Crippen LogP contribution in [-0.2, 0) is 23.9 Å². The van der Waals surface area contributed by atoms with E-state index < -0.39 is 5.97 Å². The molecule has 0 spiro atoms. The highest BCUT2D eigenvalue weighted by Gasteiger charge is 2.11. The molecule has 0 aromatic heterocycles. The Labute approximate surface area is 187 Å². The molecule has 0 radical (unpaired) electrons. The van der Waals surface area contributed by atoms with Gasteiger partial charge in [0.2, 0.25) is 11.8 Å². The zero-order chi connectivity index (χ0) is 24.7. The molecule has 0 aliphatic carbocycles. The zero-order valence-corrected chi connectivity index (χ0v) is 20.3. The number of esters is 1. The third kappa shape index (κ3) is 25.8. The molecule has 184 valence electrons. The summed E-state index contributed by atoms with van der Waals surface area (Å²) in [6.07, 6.45) is 4.28. The molecule has 0 aromatic rings. The van der Waals surface area contributed by atoms with E-state index in [0.29, 0.717) is 26.2 Å². The number of aliphatic hydroxyl groups is 1. The summed E-state index contributed by atoms with van der Waals surface area (Å²) in [6.45, 7) is 13.4. The minimum Gasteiger partial charge on any atom is -0.481 e. The Bertz CT molecular complexity index is 482. The number of unbranched alkanes of at least 4 members (excludes halogenated alkanes) is 2. The number of nitrogens with zero attached hydrogens (tertiary/aromatic N) is 2. The van der Waals surface area contributed by atoms with E-state index in [1.165, 1.54) is 13.8 Å². The highest BCUT2D eigenvalue weighted by molar-refractivity contribution is 5.75. The van der Waals surface area contributed by atoms with Crippen LogP contribution in [0.15, 0.2) is 0 Å². The monoisotopic (exact) mass is 448 g/mol. The van der Waals surface area contributed by atoms with Gasteiger partial charge in [-0.1, -0.05) is 26.7 Å². The fraction of sp³-hybridized carbons (Fsp3) is 0.818. The van der Waals surface area contributed by atoms with Crippen LogP contribution in [-0.4, -0.2) is 83.2 Å². The molecule has 0 heterocycles. The molecule has 0 aromatic carbocycles. The molecule has 2 amide bonds. The van der Waals surface area contributed by atoms with Gasteiger partial charge in [-0.3, -0.25) is 19.2 Å². The van der Waals surface area contributed by atoms with Gasteiger partial charge in [-0.2, -0.15) is 0 Å². The minimum absolute atomic E-state index is 0.0211. The molecule has 0 bridgehead atoms. The normalized spacial score (nSPS) is 9.39. The van der Waals surface area contributed by atoms with Gasteiger partial charge in [-0.15, -0.1) is 0 Å². The van der Waals surface area contributed by atoms with Crippen molar-refractivity contribution in [2.24, 2.45) is 0 Å². The smallest absolute Gasteiger partial charge is 0.307 e. The van der Waals surface area contributed by atoms with Crippen LogP contribution in [0.4, 0.5) is 0 Å². The Kier molecular flexibility index (Phi) is 26.0. The predicted octanol–water partition coefficient (Wildman–Crippen LogP) is 2.70. The molecule has 9 heteroatoms. The van der Waals surface area contributed by atoms with Crippen molar-refractivity contribution in [2.75, 3.05) is 39.4 Å². The van der Waals surface area contributed by atoms with E-state index in [2.05, 4.69) is 6.92 Å². The van der Waals surface area contributed by atoms with Crippen LogP contribution in [0.5, 0.6) is 0 Å². The highest BCUT2D eigenvalue weighted by atomic mass is 16.5. The summed E-state index contributed by atoms with van der Waals surface area (Å²) in [5, 5.41) is 16.0. The van der Waals surface area contributed by atoms with E-state index in [1.807, 2.05) is 6.92 Å². The van der Waals surface area contributed by atoms with Crippen molar-refractivity contribution < 1.29 is 34.1 Å². The summed E-state index contributed by atoms with van der Waals surface area (Å²) in [6, 6.07) is 0. The molecule has 0 saturated carbocycles. The van der Waals surface area contributed by atoms with Crippen LogP contribution >= 0.6 is 0 Å². The first kappa shape index (κ1) is 33.5. The van der Waals surface area contributed by atoms with Crippen molar-refractivity contribution in [3.05, 3.63) is 0 Å². The molecular formula is C22H44N2O7. The van der Waals surface area contributed by atoms with Gasteiger partial charge in [0.25, 0.3) is 0 Å². The number of hydrogen-bond acceptors (Lipinski definition) is 6. The van der Waals surface area contributed by atoms with Gasteiger partial charge in [0.1, 0.15) is 0 Å². The summed E-state index contributed by atoms with van der Waals surface area (Å²) in [7, 11) is 0. The maximum absolute atomic E-state index is 11.2. The fourth-order valence-corrected chi connectivity index (χ4v) is 2.24. The average Bonchev–Trinajstić information content (AvgIpc) is 2.68. The Hall–Kier alpha value is -2.16. The van der Waals surface area contributed by atoms with E-state index >= 15 is 0 Å². The molecule has 0 saturated heterocycles. The van der Waals surface area contributed by atoms with Crippen LogP contribution in [0.1, 0.15) is 80.1 Å². The number of rotatable bonds is 13. The van der Waals surface area contributed by atoms with Crippen LogP contribution in [0, 0.1) is 0 Å².